The molecule has 56 valence electrons. The van der Waals surface area contributed by atoms with Gasteiger partial charge in [-0.1, -0.05) is 0 Å². The standard InChI is InChI=1S/C6H5F3O/c7-3-1-2-4(8)6(10)5(3)9/h1-3,5,10H. The summed E-state index contributed by atoms with van der Waals surface area (Å²) in [5.41, 5.74) is 0. The van der Waals surface area contributed by atoms with Crippen LogP contribution in [0.1, 0.15) is 0 Å². The molecule has 0 aromatic heterocycles. The maximum atomic E-state index is 12.2. The van der Waals surface area contributed by atoms with E-state index in [1.807, 2.05) is 0 Å². The van der Waals surface area contributed by atoms with E-state index in [0.29, 0.717) is 6.08 Å². The predicted molar refractivity (Wildman–Crippen MR) is 29.7 cm³/mol. The summed E-state index contributed by atoms with van der Waals surface area (Å²) in [5.74, 6) is -2.27. The Hall–Kier alpha value is -0.930. The third-order valence-corrected chi connectivity index (χ3v) is 1.21. The van der Waals surface area contributed by atoms with Crippen molar-refractivity contribution in [3.05, 3.63) is 23.7 Å². The van der Waals surface area contributed by atoms with Gasteiger partial charge in [-0.2, -0.15) is 0 Å². The third kappa shape index (κ3) is 1.01. The first-order valence-electron chi connectivity index (χ1n) is 2.68. The second-order valence-corrected chi connectivity index (χ2v) is 1.94. The molecule has 4 heteroatoms. The van der Waals surface area contributed by atoms with Gasteiger partial charge in [-0.25, -0.2) is 13.2 Å². The van der Waals surface area contributed by atoms with E-state index >= 15 is 0 Å². The quantitative estimate of drug-likeness (QED) is 0.559. The third-order valence-electron chi connectivity index (χ3n) is 1.21. The van der Waals surface area contributed by atoms with Gasteiger partial charge in [0.15, 0.2) is 23.9 Å². The fraction of sp³-hybridized carbons (Fsp3) is 0.333. The molecule has 10 heavy (non-hydrogen) atoms. The lowest BCUT2D eigenvalue weighted by molar-refractivity contribution is 0.167. The van der Waals surface area contributed by atoms with Gasteiger partial charge in [-0.3, -0.25) is 0 Å². The molecule has 0 heterocycles. The van der Waals surface area contributed by atoms with Gasteiger partial charge in [-0.15, -0.1) is 0 Å². The Balaban J connectivity index is 2.88. The fourth-order valence-corrected chi connectivity index (χ4v) is 0.642. The monoisotopic (exact) mass is 150 g/mol. The molecule has 0 bridgehead atoms. The van der Waals surface area contributed by atoms with Crippen LogP contribution in [0.25, 0.3) is 0 Å². The van der Waals surface area contributed by atoms with E-state index in [1.54, 1.807) is 0 Å². The Bertz CT molecular complexity index is 197. The number of hydrogen-bond donors (Lipinski definition) is 1. The van der Waals surface area contributed by atoms with Crippen LogP contribution in [0.3, 0.4) is 0 Å². The van der Waals surface area contributed by atoms with Crippen molar-refractivity contribution in [2.45, 2.75) is 12.3 Å². The molecule has 1 N–H and O–H groups in total. The molecule has 0 aliphatic heterocycles. The van der Waals surface area contributed by atoms with E-state index in [0.717, 1.165) is 6.08 Å². The number of aliphatic hydroxyl groups is 1. The molecule has 1 aliphatic carbocycles. The van der Waals surface area contributed by atoms with Crippen LogP contribution < -0.4 is 0 Å². The molecule has 1 rings (SSSR count). The summed E-state index contributed by atoms with van der Waals surface area (Å²) < 4.78 is 36.6. The van der Waals surface area contributed by atoms with Crippen molar-refractivity contribution in [2.24, 2.45) is 0 Å². The highest BCUT2D eigenvalue weighted by atomic mass is 19.2. The molecule has 0 aromatic rings. The van der Waals surface area contributed by atoms with E-state index < -0.39 is 23.9 Å². The largest absolute Gasteiger partial charge is 0.506 e. The van der Waals surface area contributed by atoms with Crippen LogP contribution in [0.15, 0.2) is 23.7 Å². The van der Waals surface area contributed by atoms with Crippen molar-refractivity contribution in [3.63, 3.8) is 0 Å². The van der Waals surface area contributed by atoms with Crippen molar-refractivity contribution in [3.8, 4) is 0 Å². The molecule has 2 unspecified atom stereocenters. The Morgan fingerprint density at radius 2 is 2.00 bits per heavy atom. The normalized spacial score (nSPS) is 33.1. The summed E-state index contributed by atoms with van der Waals surface area (Å²) >= 11 is 0. The maximum absolute atomic E-state index is 12.2. The number of aliphatic hydroxyl groups excluding tert-OH is 1. The van der Waals surface area contributed by atoms with Gasteiger partial charge in [0, 0.05) is 0 Å². The molecule has 0 saturated carbocycles. The zero-order valence-electron chi connectivity index (χ0n) is 4.89. The van der Waals surface area contributed by atoms with E-state index in [2.05, 4.69) is 0 Å². The first-order valence-corrected chi connectivity index (χ1v) is 2.68. The minimum absolute atomic E-state index is 0.704. The molecule has 2 atom stereocenters. The van der Waals surface area contributed by atoms with Crippen molar-refractivity contribution < 1.29 is 18.3 Å². The van der Waals surface area contributed by atoms with Gasteiger partial charge in [0.05, 0.1) is 0 Å². The minimum Gasteiger partial charge on any atom is -0.506 e. The van der Waals surface area contributed by atoms with Crippen LogP contribution in [-0.2, 0) is 0 Å². The molecule has 0 spiro atoms. The molecular weight excluding hydrogens is 145 g/mol. The highest BCUT2D eigenvalue weighted by molar-refractivity contribution is 5.25. The van der Waals surface area contributed by atoms with Crippen LogP contribution in [-0.4, -0.2) is 17.4 Å². The van der Waals surface area contributed by atoms with Gasteiger partial charge in [-0.05, 0) is 12.2 Å². The minimum atomic E-state index is -2.25. The van der Waals surface area contributed by atoms with Crippen molar-refractivity contribution in [1.29, 1.82) is 0 Å². The summed E-state index contributed by atoms with van der Waals surface area (Å²) in [7, 11) is 0. The average molecular weight is 150 g/mol. The molecule has 0 amide bonds. The van der Waals surface area contributed by atoms with Crippen LogP contribution in [0.5, 0.6) is 0 Å². The average Bonchev–Trinajstić information content (AvgIpc) is 1.93. The van der Waals surface area contributed by atoms with E-state index in [9.17, 15) is 13.2 Å². The van der Waals surface area contributed by atoms with E-state index in [-0.39, 0.29) is 0 Å². The Morgan fingerprint density at radius 1 is 1.40 bits per heavy atom. The second-order valence-electron chi connectivity index (χ2n) is 1.94. The number of allylic oxidation sites excluding steroid dienone is 4. The van der Waals surface area contributed by atoms with Gasteiger partial charge >= 0.3 is 0 Å². The molecule has 0 radical (unpaired) electrons. The Labute approximate surface area is 55.5 Å². The predicted octanol–water partition coefficient (Wildman–Crippen LogP) is 1.97. The smallest absolute Gasteiger partial charge is 0.194 e. The molecule has 1 nitrogen and oxygen atoms in total. The van der Waals surface area contributed by atoms with E-state index in [1.165, 1.54) is 0 Å². The van der Waals surface area contributed by atoms with Crippen molar-refractivity contribution >= 4 is 0 Å². The van der Waals surface area contributed by atoms with Gasteiger partial charge in [0.1, 0.15) is 0 Å². The number of halogens is 3. The number of alkyl halides is 2. The highest BCUT2D eigenvalue weighted by Crippen LogP contribution is 2.22. The SMILES string of the molecule is OC1=C(F)C=CC(F)C1F. The summed E-state index contributed by atoms with van der Waals surface area (Å²) in [6.07, 6.45) is -2.75. The number of hydrogen-bond acceptors (Lipinski definition) is 1. The maximum Gasteiger partial charge on any atom is 0.194 e. The lowest BCUT2D eigenvalue weighted by Gasteiger charge is -2.12. The lowest BCUT2D eigenvalue weighted by atomic mass is 10.1. The van der Waals surface area contributed by atoms with Gasteiger partial charge in [0.2, 0.25) is 0 Å². The van der Waals surface area contributed by atoms with Crippen LogP contribution >= 0.6 is 0 Å². The first-order chi connectivity index (χ1) is 4.63. The zero-order chi connectivity index (χ0) is 7.72. The summed E-state index contributed by atoms with van der Waals surface area (Å²) in [4.78, 5) is 0. The lowest BCUT2D eigenvalue weighted by Crippen LogP contribution is -2.20. The topological polar surface area (TPSA) is 20.2 Å². The van der Waals surface area contributed by atoms with Gasteiger partial charge < -0.3 is 5.11 Å². The molecule has 0 aromatic carbocycles. The number of rotatable bonds is 0. The molecule has 1 aliphatic rings. The van der Waals surface area contributed by atoms with Gasteiger partial charge in [0.25, 0.3) is 0 Å². The fourth-order valence-electron chi connectivity index (χ4n) is 0.642. The van der Waals surface area contributed by atoms with Crippen molar-refractivity contribution in [1.82, 2.24) is 0 Å². The summed E-state index contributed by atoms with van der Waals surface area (Å²) in [6.45, 7) is 0. The Kier molecular flexibility index (Phi) is 1.70. The highest BCUT2D eigenvalue weighted by Gasteiger charge is 2.28. The Morgan fingerprint density at radius 3 is 2.50 bits per heavy atom. The summed E-state index contributed by atoms with van der Waals surface area (Å²) in [5, 5.41) is 8.46. The van der Waals surface area contributed by atoms with Crippen LogP contribution in [0, 0.1) is 0 Å². The molecule has 0 fully saturated rings. The zero-order valence-corrected chi connectivity index (χ0v) is 4.89. The second kappa shape index (κ2) is 2.36. The first kappa shape index (κ1) is 7.18. The molecule has 0 saturated heterocycles. The van der Waals surface area contributed by atoms with Crippen LogP contribution in [0.4, 0.5) is 13.2 Å². The van der Waals surface area contributed by atoms with Crippen LogP contribution in [0.2, 0.25) is 0 Å². The molecular formula is C6H5F3O. The van der Waals surface area contributed by atoms with E-state index in [4.69, 9.17) is 5.11 Å². The van der Waals surface area contributed by atoms with Crippen molar-refractivity contribution in [2.75, 3.05) is 0 Å². The summed E-state index contributed by atoms with van der Waals surface area (Å²) in [6, 6.07) is 0.